The van der Waals surface area contributed by atoms with Crippen molar-refractivity contribution < 1.29 is 25.2 Å². The largest absolute Gasteiger partial charge is 0.394 e. The van der Waals surface area contributed by atoms with E-state index in [4.69, 9.17) is 4.74 Å². The maximum atomic E-state index is 10.3. The monoisotopic (exact) mass is 334 g/mol. The molecule has 0 aliphatic carbocycles. The summed E-state index contributed by atoms with van der Waals surface area (Å²) in [5, 5.41) is 49.3. The summed E-state index contributed by atoms with van der Waals surface area (Å²) in [5.74, 6) is 0. The molecule has 0 radical (unpaired) electrons. The first-order valence-corrected chi connectivity index (χ1v) is 8.32. The molecule has 136 valence electrons. The summed E-state index contributed by atoms with van der Waals surface area (Å²) in [5.41, 5.74) is 0. The summed E-state index contributed by atoms with van der Waals surface area (Å²) in [7, 11) is 0. The van der Waals surface area contributed by atoms with Gasteiger partial charge in [-0.2, -0.15) is 0 Å². The molecule has 0 amide bonds. The predicted octanol–water partition coefficient (Wildman–Crippen LogP) is -4.13. The molecule has 9 nitrogen and oxygen atoms in total. The lowest BCUT2D eigenvalue weighted by molar-refractivity contribution is -0.264. The first-order valence-electron chi connectivity index (χ1n) is 8.32. The van der Waals surface area contributed by atoms with Gasteiger partial charge in [0.15, 0.2) is 0 Å². The van der Waals surface area contributed by atoms with E-state index in [0.717, 1.165) is 39.3 Å². The van der Waals surface area contributed by atoms with Gasteiger partial charge in [-0.25, -0.2) is 0 Å². The van der Waals surface area contributed by atoms with Gasteiger partial charge >= 0.3 is 0 Å². The highest BCUT2D eigenvalue weighted by molar-refractivity contribution is 4.92. The second kappa shape index (κ2) is 9.82. The molecule has 0 bridgehead atoms. The van der Waals surface area contributed by atoms with Crippen LogP contribution in [0, 0.1) is 0 Å². The van der Waals surface area contributed by atoms with Gasteiger partial charge in [0, 0.05) is 52.4 Å². The van der Waals surface area contributed by atoms with Crippen LogP contribution in [0.1, 0.15) is 0 Å². The first-order chi connectivity index (χ1) is 11.1. The van der Waals surface area contributed by atoms with Crippen molar-refractivity contribution in [3.8, 4) is 0 Å². The average Bonchev–Trinajstić information content (AvgIpc) is 2.54. The van der Waals surface area contributed by atoms with Crippen LogP contribution in [0.25, 0.3) is 0 Å². The second-order valence-electron chi connectivity index (χ2n) is 6.01. The van der Waals surface area contributed by atoms with Gasteiger partial charge in [0.1, 0.15) is 30.6 Å². The molecule has 7 N–H and O–H groups in total. The molecule has 23 heavy (non-hydrogen) atoms. The third kappa shape index (κ3) is 5.31. The Hall–Kier alpha value is -0.360. The minimum atomic E-state index is -1.34. The minimum Gasteiger partial charge on any atom is -0.394 e. The van der Waals surface area contributed by atoms with Gasteiger partial charge in [-0.1, -0.05) is 0 Å². The van der Waals surface area contributed by atoms with Crippen molar-refractivity contribution in [1.29, 1.82) is 0 Å². The highest BCUT2D eigenvalue weighted by Gasteiger charge is 2.45. The number of hydrogen-bond acceptors (Lipinski definition) is 9. The maximum Gasteiger partial charge on any atom is 0.140 e. The van der Waals surface area contributed by atoms with E-state index < -0.39 is 37.3 Å². The molecule has 2 aliphatic rings. The third-order valence-corrected chi connectivity index (χ3v) is 4.34. The standard InChI is InChI=1S/C14H30N4O5/c19-9-10-11(20)12(21)13(22)14(23-10)18-7-5-16-3-1-15-2-4-17-6-8-18/h10-17,19-22H,1-9H2/t10?,11-,12+,13?,14?/m1/s1. The molecule has 0 aromatic heterocycles. The van der Waals surface area contributed by atoms with E-state index in [0.29, 0.717) is 13.1 Å². The molecule has 2 rings (SSSR count). The molecule has 9 heteroatoms. The number of ether oxygens (including phenoxy) is 1. The van der Waals surface area contributed by atoms with E-state index in [9.17, 15) is 20.4 Å². The number of hydrogen-bond donors (Lipinski definition) is 7. The van der Waals surface area contributed by atoms with Crippen molar-refractivity contribution in [3.63, 3.8) is 0 Å². The molecule has 0 spiro atoms. The molecule has 0 saturated carbocycles. The zero-order valence-electron chi connectivity index (χ0n) is 13.4. The van der Waals surface area contributed by atoms with E-state index in [2.05, 4.69) is 16.0 Å². The SMILES string of the molecule is OCC1OC(N2CCNCCNCCNCC2)C(O)[C@@H](O)[C@@H]1O. The van der Waals surface area contributed by atoms with Gasteiger partial charge in [-0.3, -0.25) is 4.90 Å². The Morgan fingerprint density at radius 3 is 1.83 bits per heavy atom. The van der Waals surface area contributed by atoms with Crippen molar-refractivity contribution in [3.05, 3.63) is 0 Å². The van der Waals surface area contributed by atoms with Crippen LogP contribution in [0.15, 0.2) is 0 Å². The lowest BCUT2D eigenvalue weighted by Crippen LogP contribution is -2.64. The number of rotatable bonds is 2. The molecule has 0 aromatic rings. The molecule has 2 aliphatic heterocycles. The quantitative estimate of drug-likeness (QED) is 0.269. The fourth-order valence-corrected chi connectivity index (χ4v) is 2.92. The van der Waals surface area contributed by atoms with E-state index in [1.165, 1.54) is 0 Å². The Morgan fingerprint density at radius 1 is 0.783 bits per heavy atom. The molecule has 3 unspecified atom stereocenters. The van der Waals surface area contributed by atoms with Gasteiger partial charge in [0.05, 0.1) is 6.61 Å². The Balaban J connectivity index is 1.98. The summed E-state index contributed by atoms with van der Waals surface area (Å²) < 4.78 is 5.64. The second-order valence-corrected chi connectivity index (χ2v) is 6.01. The molecular weight excluding hydrogens is 304 g/mol. The van der Waals surface area contributed by atoms with Crippen LogP contribution in [0.2, 0.25) is 0 Å². The fraction of sp³-hybridized carbons (Fsp3) is 1.00. The van der Waals surface area contributed by atoms with Crippen molar-refractivity contribution in [2.45, 2.75) is 30.6 Å². The molecule has 2 saturated heterocycles. The molecule has 2 fully saturated rings. The van der Waals surface area contributed by atoms with Crippen LogP contribution >= 0.6 is 0 Å². The van der Waals surface area contributed by atoms with E-state index in [1.54, 1.807) is 0 Å². The highest BCUT2D eigenvalue weighted by atomic mass is 16.6. The first kappa shape index (κ1) is 19.0. The molecule has 5 atom stereocenters. The van der Waals surface area contributed by atoms with Crippen LogP contribution < -0.4 is 16.0 Å². The Kier molecular flexibility index (Phi) is 8.10. The zero-order valence-corrected chi connectivity index (χ0v) is 13.4. The molecule has 2 heterocycles. The van der Waals surface area contributed by atoms with Crippen LogP contribution in [-0.2, 0) is 4.74 Å². The number of aliphatic hydroxyl groups excluding tert-OH is 4. The summed E-state index contributed by atoms with van der Waals surface area (Å²) in [6, 6.07) is 0. The van der Waals surface area contributed by atoms with Gasteiger partial charge in [0.25, 0.3) is 0 Å². The van der Waals surface area contributed by atoms with Crippen molar-refractivity contribution in [2.24, 2.45) is 0 Å². The van der Waals surface area contributed by atoms with Crippen LogP contribution in [0.4, 0.5) is 0 Å². The number of nitrogens with one attached hydrogen (secondary N) is 3. The molecule has 0 aromatic carbocycles. The highest BCUT2D eigenvalue weighted by Crippen LogP contribution is 2.23. The smallest absolute Gasteiger partial charge is 0.140 e. The van der Waals surface area contributed by atoms with Gasteiger partial charge in [0.2, 0.25) is 0 Å². The topological polar surface area (TPSA) is 129 Å². The Bertz CT molecular complexity index is 324. The van der Waals surface area contributed by atoms with Crippen molar-refractivity contribution in [2.75, 3.05) is 59.0 Å². The summed E-state index contributed by atoms with van der Waals surface area (Å²) in [4.78, 5) is 1.93. The summed E-state index contributed by atoms with van der Waals surface area (Å²) in [6.07, 6.45) is -5.50. The van der Waals surface area contributed by atoms with Crippen LogP contribution in [-0.4, -0.2) is 115 Å². The lowest BCUT2D eigenvalue weighted by Gasteiger charge is -2.44. The zero-order chi connectivity index (χ0) is 16.7. The maximum absolute atomic E-state index is 10.3. The van der Waals surface area contributed by atoms with Crippen molar-refractivity contribution >= 4 is 0 Å². The van der Waals surface area contributed by atoms with Gasteiger partial charge in [-0.15, -0.1) is 0 Å². The van der Waals surface area contributed by atoms with E-state index in [1.807, 2.05) is 4.90 Å². The minimum absolute atomic E-state index is 0.405. The van der Waals surface area contributed by atoms with Gasteiger partial charge in [-0.05, 0) is 0 Å². The fourth-order valence-electron chi connectivity index (χ4n) is 2.92. The Labute approximate surface area is 136 Å². The van der Waals surface area contributed by atoms with Crippen LogP contribution in [0.3, 0.4) is 0 Å². The third-order valence-electron chi connectivity index (χ3n) is 4.34. The normalized spacial score (nSPS) is 39.4. The average molecular weight is 334 g/mol. The summed E-state index contributed by atoms with van der Waals surface area (Å²) in [6.45, 7) is 5.77. The predicted molar refractivity (Wildman–Crippen MR) is 83.9 cm³/mol. The van der Waals surface area contributed by atoms with Crippen molar-refractivity contribution in [1.82, 2.24) is 20.9 Å². The van der Waals surface area contributed by atoms with Gasteiger partial charge < -0.3 is 41.1 Å². The summed E-state index contributed by atoms with van der Waals surface area (Å²) >= 11 is 0. The van der Waals surface area contributed by atoms with E-state index >= 15 is 0 Å². The number of aliphatic hydroxyl groups is 4. The number of nitrogens with zero attached hydrogens (tertiary/aromatic N) is 1. The van der Waals surface area contributed by atoms with E-state index in [-0.39, 0.29) is 0 Å². The van der Waals surface area contributed by atoms with Crippen LogP contribution in [0.5, 0.6) is 0 Å². The lowest BCUT2D eigenvalue weighted by atomic mass is 9.97. The molecular formula is C14H30N4O5. The Morgan fingerprint density at radius 2 is 1.30 bits per heavy atom.